The maximum absolute atomic E-state index is 13.3. The van der Waals surface area contributed by atoms with Crippen molar-refractivity contribution in [2.45, 2.75) is 20.4 Å². The van der Waals surface area contributed by atoms with E-state index in [-0.39, 0.29) is 24.1 Å². The number of fused-ring (bicyclic) bond motifs is 1. The normalized spacial score (nSPS) is 10.7. The number of hydrogen-bond acceptors (Lipinski definition) is 4. The number of aromatic nitrogens is 1. The molecule has 34 heavy (non-hydrogen) atoms. The standard InChI is InChI=1S/C27H27N3O4/c1-16-6-5-7-18(12-16)26(31)30-24-21-13-17(2)8-10-22(21)29-25(24)27(32)28-15-19-14-20(33-3)9-11-23(19)34-4/h5-14,29H,15H2,1-4H3,(H,28,32)(H,30,31). The molecule has 174 valence electrons. The minimum Gasteiger partial charge on any atom is -0.497 e. The lowest BCUT2D eigenvalue weighted by molar-refractivity contribution is 0.0947. The quantitative estimate of drug-likeness (QED) is 0.365. The summed E-state index contributed by atoms with van der Waals surface area (Å²) in [7, 11) is 3.16. The van der Waals surface area contributed by atoms with Crippen molar-refractivity contribution >= 4 is 28.4 Å². The van der Waals surface area contributed by atoms with E-state index < -0.39 is 0 Å². The Morgan fingerprint density at radius 1 is 0.882 bits per heavy atom. The van der Waals surface area contributed by atoms with Crippen molar-refractivity contribution in [3.63, 3.8) is 0 Å². The Morgan fingerprint density at radius 3 is 2.41 bits per heavy atom. The fourth-order valence-corrected chi connectivity index (χ4v) is 3.86. The lowest BCUT2D eigenvalue weighted by Crippen LogP contribution is -2.25. The van der Waals surface area contributed by atoms with E-state index in [2.05, 4.69) is 15.6 Å². The van der Waals surface area contributed by atoms with E-state index in [0.29, 0.717) is 22.7 Å². The smallest absolute Gasteiger partial charge is 0.270 e. The third-order valence-electron chi connectivity index (χ3n) is 5.63. The first-order valence-corrected chi connectivity index (χ1v) is 10.9. The highest BCUT2D eigenvalue weighted by molar-refractivity contribution is 6.15. The van der Waals surface area contributed by atoms with Crippen LogP contribution >= 0.6 is 0 Å². The van der Waals surface area contributed by atoms with Gasteiger partial charge < -0.3 is 25.1 Å². The van der Waals surface area contributed by atoms with E-state index in [1.54, 1.807) is 32.4 Å². The Hall–Kier alpha value is -4.26. The van der Waals surface area contributed by atoms with Crippen molar-refractivity contribution in [2.24, 2.45) is 0 Å². The zero-order chi connectivity index (χ0) is 24.2. The summed E-state index contributed by atoms with van der Waals surface area (Å²) in [5.74, 6) is 0.673. The second kappa shape index (κ2) is 9.70. The predicted octanol–water partition coefficient (Wildman–Crippen LogP) is 4.98. The zero-order valence-electron chi connectivity index (χ0n) is 19.6. The van der Waals surface area contributed by atoms with Crippen LogP contribution in [-0.2, 0) is 6.54 Å². The second-order valence-electron chi connectivity index (χ2n) is 8.11. The van der Waals surface area contributed by atoms with Gasteiger partial charge in [-0.1, -0.05) is 29.3 Å². The van der Waals surface area contributed by atoms with E-state index in [1.807, 2.05) is 56.3 Å². The van der Waals surface area contributed by atoms with Gasteiger partial charge in [-0.3, -0.25) is 9.59 Å². The van der Waals surface area contributed by atoms with Crippen LogP contribution < -0.4 is 20.1 Å². The molecule has 0 fully saturated rings. The van der Waals surface area contributed by atoms with Crippen molar-refractivity contribution in [3.05, 3.63) is 88.6 Å². The van der Waals surface area contributed by atoms with Gasteiger partial charge >= 0.3 is 0 Å². The maximum Gasteiger partial charge on any atom is 0.270 e. The Morgan fingerprint density at radius 2 is 1.68 bits per heavy atom. The number of amides is 2. The van der Waals surface area contributed by atoms with Gasteiger partial charge in [-0.05, 0) is 56.3 Å². The maximum atomic E-state index is 13.3. The first kappa shape index (κ1) is 22.9. The van der Waals surface area contributed by atoms with Crippen LogP contribution in [0.5, 0.6) is 11.5 Å². The van der Waals surface area contributed by atoms with Crippen LogP contribution in [0, 0.1) is 13.8 Å². The minimum absolute atomic E-state index is 0.221. The van der Waals surface area contributed by atoms with Crippen molar-refractivity contribution < 1.29 is 19.1 Å². The summed E-state index contributed by atoms with van der Waals surface area (Å²) in [5, 5.41) is 6.64. The second-order valence-corrected chi connectivity index (χ2v) is 8.11. The molecule has 0 radical (unpaired) electrons. The molecule has 1 aromatic heterocycles. The lowest BCUT2D eigenvalue weighted by atomic mass is 10.1. The number of nitrogens with one attached hydrogen (secondary N) is 3. The van der Waals surface area contributed by atoms with Crippen LogP contribution in [-0.4, -0.2) is 31.0 Å². The van der Waals surface area contributed by atoms with Crippen molar-refractivity contribution in [3.8, 4) is 11.5 Å². The SMILES string of the molecule is COc1ccc(OC)c(CNC(=O)c2[nH]c3ccc(C)cc3c2NC(=O)c2cccc(C)c2)c1. The number of anilines is 1. The topological polar surface area (TPSA) is 92.4 Å². The predicted molar refractivity (Wildman–Crippen MR) is 133 cm³/mol. The van der Waals surface area contributed by atoms with Crippen LogP contribution in [0.1, 0.15) is 37.5 Å². The van der Waals surface area contributed by atoms with E-state index in [4.69, 9.17) is 9.47 Å². The highest BCUT2D eigenvalue weighted by atomic mass is 16.5. The Bertz CT molecular complexity index is 1370. The van der Waals surface area contributed by atoms with Crippen molar-refractivity contribution in [1.82, 2.24) is 10.3 Å². The molecule has 0 unspecified atom stereocenters. The van der Waals surface area contributed by atoms with Crippen LogP contribution in [0.25, 0.3) is 10.9 Å². The summed E-state index contributed by atoms with van der Waals surface area (Å²) >= 11 is 0. The molecule has 1 heterocycles. The molecule has 0 saturated carbocycles. The summed E-state index contributed by atoms with van der Waals surface area (Å²) in [6, 6.07) is 18.5. The molecular weight excluding hydrogens is 430 g/mol. The fraction of sp³-hybridized carbons (Fsp3) is 0.185. The Balaban J connectivity index is 1.65. The Kier molecular flexibility index (Phi) is 6.54. The molecule has 3 aromatic carbocycles. The molecule has 0 atom stereocenters. The highest BCUT2D eigenvalue weighted by Gasteiger charge is 2.21. The molecule has 0 aliphatic heterocycles. The zero-order valence-corrected chi connectivity index (χ0v) is 19.6. The third-order valence-corrected chi connectivity index (χ3v) is 5.63. The largest absolute Gasteiger partial charge is 0.497 e. The number of aryl methyl sites for hydroxylation is 2. The molecule has 3 N–H and O–H groups in total. The number of rotatable bonds is 7. The molecular formula is C27H27N3O4. The van der Waals surface area contributed by atoms with Crippen LogP contribution in [0.4, 0.5) is 5.69 Å². The number of benzene rings is 3. The minimum atomic E-state index is -0.349. The Labute approximate surface area is 198 Å². The van der Waals surface area contributed by atoms with Gasteiger partial charge in [0, 0.05) is 28.6 Å². The number of aromatic amines is 1. The van der Waals surface area contributed by atoms with Gasteiger partial charge in [0.2, 0.25) is 0 Å². The number of methoxy groups -OCH3 is 2. The fourth-order valence-electron chi connectivity index (χ4n) is 3.86. The van der Waals surface area contributed by atoms with Crippen LogP contribution in [0.15, 0.2) is 60.7 Å². The number of hydrogen-bond donors (Lipinski definition) is 3. The van der Waals surface area contributed by atoms with E-state index in [1.165, 1.54) is 0 Å². The van der Waals surface area contributed by atoms with Gasteiger partial charge in [0.05, 0.1) is 19.9 Å². The molecule has 7 nitrogen and oxygen atoms in total. The molecule has 0 saturated heterocycles. The van der Waals surface area contributed by atoms with Crippen LogP contribution in [0.3, 0.4) is 0 Å². The summed E-state index contributed by atoms with van der Waals surface area (Å²) in [6.45, 7) is 4.11. The van der Waals surface area contributed by atoms with Gasteiger partial charge in [-0.15, -0.1) is 0 Å². The van der Waals surface area contributed by atoms with Gasteiger partial charge in [0.15, 0.2) is 0 Å². The molecule has 7 heteroatoms. The number of carbonyl (C=O) groups is 2. The lowest BCUT2D eigenvalue weighted by Gasteiger charge is -2.12. The number of H-pyrrole nitrogens is 1. The molecule has 0 aliphatic rings. The van der Waals surface area contributed by atoms with Gasteiger partial charge in [0.1, 0.15) is 17.2 Å². The molecule has 4 rings (SSSR count). The number of carbonyl (C=O) groups excluding carboxylic acids is 2. The molecule has 0 bridgehead atoms. The first-order chi connectivity index (χ1) is 16.4. The molecule has 4 aromatic rings. The van der Waals surface area contributed by atoms with E-state index >= 15 is 0 Å². The summed E-state index contributed by atoms with van der Waals surface area (Å²) in [4.78, 5) is 29.4. The van der Waals surface area contributed by atoms with E-state index in [0.717, 1.165) is 27.6 Å². The van der Waals surface area contributed by atoms with Gasteiger partial charge in [-0.25, -0.2) is 0 Å². The van der Waals surface area contributed by atoms with E-state index in [9.17, 15) is 9.59 Å². The molecule has 2 amide bonds. The average molecular weight is 458 g/mol. The summed E-state index contributed by atoms with van der Waals surface area (Å²) < 4.78 is 10.7. The van der Waals surface area contributed by atoms with Crippen molar-refractivity contribution in [1.29, 1.82) is 0 Å². The van der Waals surface area contributed by atoms with Gasteiger partial charge in [-0.2, -0.15) is 0 Å². The highest BCUT2D eigenvalue weighted by Crippen LogP contribution is 2.30. The van der Waals surface area contributed by atoms with Crippen LogP contribution in [0.2, 0.25) is 0 Å². The average Bonchev–Trinajstić information content (AvgIpc) is 3.19. The van der Waals surface area contributed by atoms with Gasteiger partial charge in [0.25, 0.3) is 11.8 Å². The first-order valence-electron chi connectivity index (χ1n) is 10.9. The van der Waals surface area contributed by atoms with Crippen molar-refractivity contribution in [2.75, 3.05) is 19.5 Å². The molecule has 0 spiro atoms. The number of ether oxygens (including phenoxy) is 2. The molecule has 0 aliphatic carbocycles. The third kappa shape index (κ3) is 4.73. The summed E-state index contributed by atoms with van der Waals surface area (Å²) in [6.07, 6.45) is 0. The monoisotopic (exact) mass is 457 g/mol. The summed E-state index contributed by atoms with van der Waals surface area (Å²) in [5.41, 5.74) is 4.78.